The molecule has 0 saturated heterocycles. The molecule has 0 bridgehead atoms. The highest BCUT2D eigenvalue weighted by atomic mass is 19.4. The van der Waals surface area contributed by atoms with Gasteiger partial charge in [0.15, 0.2) is 0 Å². The molecule has 2 nitrogen and oxygen atoms in total. The van der Waals surface area contributed by atoms with Gasteiger partial charge in [-0.3, -0.25) is 0 Å². The number of nitrogens with one attached hydrogen (secondary N) is 1. The molecule has 1 N–H and O–H groups in total. The van der Waals surface area contributed by atoms with Gasteiger partial charge in [0.1, 0.15) is 0 Å². The number of rotatable bonds is 7. The van der Waals surface area contributed by atoms with Crippen LogP contribution < -0.4 is 10.2 Å². The Balaban J connectivity index is 2.08. The maximum Gasteiger partial charge on any atom is 0.390 e. The smallest absolute Gasteiger partial charge is 0.375 e. The van der Waals surface area contributed by atoms with Gasteiger partial charge in [-0.25, -0.2) is 0 Å². The van der Waals surface area contributed by atoms with Crippen LogP contribution in [0.3, 0.4) is 0 Å². The Kier molecular flexibility index (Phi) is 5.98. The Hall–Kier alpha value is -1.23. The first-order valence-electron chi connectivity index (χ1n) is 6.03. The van der Waals surface area contributed by atoms with Crippen molar-refractivity contribution in [2.24, 2.45) is 0 Å². The van der Waals surface area contributed by atoms with E-state index < -0.39 is 12.6 Å². The van der Waals surface area contributed by atoms with Crippen LogP contribution in [0.1, 0.15) is 12.8 Å². The minimum atomic E-state index is -4.06. The quantitative estimate of drug-likeness (QED) is 0.758. The van der Waals surface area contributed by atoms with Crippen LogP contribution in [-0.4, -0.2) is 32.9 Å². The molecule has 0 aliphatic heterocycles. The second-order valence-electron chi connectivity index (χ2n) is 4.23. The van der Waals surface area contributed by atoms with Crippen LogP contribution >= 0.6 is 0 Å². The summed E-state index contributed by atoms with van der Waals surface area (Å²) in [6.45, 7) is 1.43. The van der Waals surface area contributed by atoms with Gasteiger partial charge in [0.2, 0.25) is 0 Å². The van der Waals surface area contributed by atoms with Crippen LogP contribution in [0.2, 0.25) is 0 Å². The van der Waals surface area contributed by atoms with E-state index in [4.69, 9.17) is 0 Å². The monoisotopic (exact) mass is 260 g/mol. The van der Waals surface area contributed by atoms with E-state index in [-0.39, 0.29) is 6.54 Å². The number of benzene rings is 1. The summed E-state index contributed by atoms with van der Waals surface area (Å²) in [4.78, 5) is 2.09. The van der Waals surface area contributed by atoms with Crippen LogP contribution in [0.15, 0.2) is 30.3 Å². The van der Waals surface area contributed by atoms with Gasteiger partial charge >= 0.3 is 6.18 Å². The second-order valence-corrected chi connectivity index (χ2v) is 4.23. The van der Waals surface area contributed by atoms with E-state index in [9.17, 15) is 13.2 Å². The molecule has 1 aromatic rings. The fraction of sp³-hybridized carbons (Fsp3) is 0.538. The topological polar surface area (TPSA) is 15.3 Å². The lowest BCUT2D eigenvalue weighted by Crippen LogP contribution is -2.26. The Morgan fingerprint density at radius 1 is 1.11 bits per heavy atom. The Morgan fingerprint density at radius 3 is 2.39 bits per heavy atom. The lowest BCUT2D eigenvalue weighted by Gasteiger charge is -2.19. The molecular formula is C13H19F3N2. The predicted molar refractivity (Wildman–Crippen MR) is 67.9 cm³/mol. The van der Waals surface area contributed by atoms with Gasteiger partial charge in [0.05, 0.1) is 6.42 Å². The molecule has 0 radical (unpaired) electrons. The fourth-order valence-corrected chi connectivity index (χ4v) is 1.61. The normalized spacial score (nSPS) is 11.6. The molecule has 102 valence electrons. The summed E-state index contributed by atoms with van der Waals surface area (Å²) in [5.41, 5.74) is 1.12. The van der Waals surface area contributed by atoms with Crippen LogP contribution in [-0.2, 0) is 0 Å². The summed E-state index contributed by atoms with van der Waals surface area (Å²) in [6, 6.07) is 9.91. The van der Waals surface area contributed by atoms with Crippen molar-refractivity contribution >= 4 is 5.69 Å². The van der Waals surface area contributed by atoms with Crippen molar-refractivity contribution in [1.29, 1.82) is 0 Å². The van der Waals surface area contributed by atoms with Crippen molar-refractivity contribution in [2.75, 3.05) is 31.6 Å². The number of anilines is 1. The largest absolute Gasteiger partial charge is 0.390 e. The summed E-state index contributed by atoms with van der Waals surface area (Å²) in [6.07, 6.45) is -4.00. The molecule has 0 fully saturated rings. The van der Waals surface area contributed by atoms with Gasteiger partial charge in [0.25, 0.3) is 0 Å². The first-order valence-corrected chi connectivity index (χ1v) is 6.03. The van der Waals surface area contributed by atoms with Crippen molar-refractivity contribution in [3.05, 3.63) is 30.3 Å². The molecule has 0 saturated carbocycles. The number of alkyl halides is 3. The number of halogens is 3. The van der Waals surface area contributed by atoms with Crippen LogP contribution in [0.25, 0.3) is 0 Å². The van der Waals surface area contributed by atoms with Gasteiger partial charge in [0, 0.05) is 25.8 Å². The van der Waals surface area contributed by atoms with Crippen LogP contribution in [0.5, 0.6) is 0 Å². The van der Waals surface area contributed by atoms with Gasteiger partial charge in [-0.05, 0) is 25.1 Å². The van der Waals surface area contributed by atoms with Crippen LogP contribution in [0, 0.1) is 0 Å². The summed E-state index contributed by atoms with van der Waals surface area (Å²) in [7, 11) is 1.98. The van der Waals surface area contributed by atoms with E-state index in [2.05, 4.69) is 10.2 Å². The molecule has 0 aromatic heterocycles. The van der Waals surface area contributed by atoms with Gasteiger partial charge in [-0.15, -0.1) is 0 Å². The third-order valence-electron chi connectivity index (χ3n) is 2.63. The standard InChI is InChI=1S/C13H19F3N2/c1-18(12-6-3-2-4-7-12)11-5-9-17-10-8-13(14,15)16/h2-4,6-7,17H,5,8-11H2,1H3. The number of nitrogens with zero attached hydrogens (tertiary/aromatic N) is 1. The minimum Gasteiger partial charge on any atom is -0.375 e. The first kappa shape index (κ1) is 14.8. The van der Waals surface area contributed by atoms with Gasteiger partial charge in [-0.1, -0.05) is 18.2 Å². The summed E-state index contributed by atoms with van der Waals surface area (Å²) in [5, 5.41) is 2.80. The van der Waals surface area contributed by atoms with Crippen LogP contribution in [0.4, 0.5) is 18.9 Å². The second kappa shape index (κ2) is 7.26. The molecule has 18 heavy (non-hydrogen) atoms. The number of hydrogen-bond acceptors (Lipinski definition) is 2. The van der Waals surface area contributed by atoms with E-state index in [1.807, 2.05) is 37.4 Å². The minimum absolute atomic E-state index is 0.00144. The molecule has 0 unspecified atom stereocenters. The number of para-hydroxylation sites is 1. The van der Waals surface area contributed by atoms with E-state index >= 15 is 0 Å². The summed E-state index contributed by atoms with van der Waals surface area (Å²) < 4.78 is 35.6. The third kappa shape index (κ3) is 6.49. The highest BCUT2D eigenvalue weighted by Crippen LogP contribution is 2.18. The van der Waals surface area contributed by atoms with Crippen molar-refractivity contribution in [2.45, 2.75) is 19.0 Å². The Bertz CT molecular complexity index is 325. The molecule has 0 atom stereocenters. The van der Waals surface area contributed by atoms with E-state index in [0.717, 1.165) is 18.7 Å². The molecule has 0 aliphatic rings. The molecule has 0 amide bonds. The number of hydrogen-bond donors (Lipinski definition) is 1. The predicted octanol–water partition coefficient (Wildman–Crippen LogP) is 3.05. The van der Waals surface area contributed by atoms with Gasteiger partial charge < -0.3 is 10.2 Å². The average molecular weight is 260 g/mol. The zero-order valence-electron chi connectivity index (χ0n) is 10.5. The molecule has 5 heteroatoms. The zero-order valence-corrected chi connectivity index (χ0v) is 10.5. The van der Waals surface area contributed by atoms with E-state index in [1.54, 1.807) is 0 Å². The van der Waals surface area contributed by atoms with Crippen molar-refractivity contribution in [1.82, 2.24) is 5.32 Å². The molecule has 0 heterocycles. The first-order chi connectivity index (χ1) is 8.49. The van der Waals surface area contributed by atoms with E-state index in [1.165, 1.54) is 0 Å². The molecular weight excluding hydrogens is 241 g/mol. The van der Waals surface area contributed by atoms with Crippen molar-refractivity contribution in [3.8, 4) is 0 Å². The van der Waals surface area contributed by atoms with Crippen molar-refractivity contribution in [3.63, 3.8) is 0 Å². The SMILES string of the molecule is CN(CCCNCCC(F)(F)F)c1ccccc1. The third-order valence-corrected chi connectivity index (χ3v) is 2.63. The molecule has 0 spiro atoms. The maximum atomic E-state index is 11.9. The fourth-order valence-electron chi connectivity index (χ4n) is 1.61. The Morgan fingerprint density at radius 2 is 1.78 bits per heavy atom. The Labute approximate surface area is 106 Å². The highest BCUT2D eigenvalue weighted by molar-refractivity contribution is 5.44. The molecule has 0 aliphatic carbocycles. The highest BCUT2D eigenvalue weighted by Gasteiger charge is 2.25. The lowest BCUT2D eigenvalue weighted by atomic mass is 10.3. The lowest BCUT2D eigenvalue weighted by molar-refractivity contribution is -0.133. The zero-order chi connectivity index (χ0) is 13.4. The maximum absolute atomic E-state index is 11.9. The van der Waals surface area contributed by atoms with E-state index in [0.29, 0.717) is 6.54 Å². The average Bonchev–Trinajstić information content (AvgIpc) is 2.33. The van der Waals surface area contributed by atoms with Crippen molar-refractivity contribution < 1.29 is 13.2 Å². The molecule has 1 rings (SSSR count). The summed E-state index contributed by atoms with van der Waals surface area (Å²) >= 11 is 0. The molecule has 1 aromatic carbocycles. The van der Waals surface area contributed by atoms with Gasteiger partial charge in [-0.2, -0.15) is 13.2 Å². The summed E-state index contributed by atoms with van der Waals surface area (Å²) in [5.74, 6) is 0.